The van der Waals surface area contributed by atoms with Crippen molar-refractivity contribution in [3.05, 3.63) is 83.9 Å². The third-order valence-corrected chi connectivity index (χ3v) is 7.90. The van der Waals surface area contributed by atoms with Crippen LogP contribution in [0.4, 0.5) is 11.6 Å². The maximum atomic E-state index is 13.5. The fourth-order valence-corrected chi connectivity index (χ4v) is 5.53. The van der Waals surface area contributed by atoms with Gasteiger partial charge in [0.15, 0.2) is 0 Å². The highest BCUT2D eigenvalue weighted by Crippen LogP contribution is 2.35. The SMILES string of the molecule is COc1ccc(N2CCN(c3oc(-c4ccc(Cl)cc4)nc3S(=O)(=O)c3ccccc3)CC2)cc1. The van der Waals surface area contributed by atoms with Crippen LogP contribution in [0.3, 0.4) is 0 Å². The number of hydrogen-bond acceptors (Lipinski definition) is 7. The Hall–Kier alpha value is -3.49. The summed E-state index contributed by atoms with van der Waals surface area (Å²) in [7, 11) is -2.24. The molecule has 0 atom stereocenters. The van der Waals surface area contributed by atoms with Gasteiger partial charge in [0.2, 0.25) is 26.6 Å². The van der Waals surface area contributed by atoms with Crippen LogP contribution >= 0.6 is 11.6 Å². The molecule has 0 radical (unpaired) electrons. The average Bonchev–Trinajstić information content (AvgIpc) is 3.36. The molecule has 0 aliphatic carbocycles. The Morgan fingerprint density at radius 3 is 2.11 bits per heavy atom. The van der Waals surface area contributed by atoms with Crippen LogP contribution in [0.15, 0.2) is 93.2 Å². The Morgan fingerprint density at radius 1 is 0.857 bits per heavy atom. The quantitative estimate of drug-likeness (QED) is 0.355. The molecule has 1 fully saturated rings. The standard InChI is InChI=1S/C26H24ClN3O4S/c1-33-22-13-11-21(12-14-22)29-15-17-30(18-16-29)26-25(35(31,32)23-5-3-2-4-6-23)28-24(34-26)19-7-9-20(27)10-8-19/h2-14H,15-18H2,1H3. The fraction of sp³-hybridized carbons (Fsp3) is 0.192. The molecule has 0 unspecified atom stereocenters. The predicted molar refractivity (Wildman–Crippen MR) is 136 cm³/mol. The van der Waals surface area contributed by atoms with Gasteiger partial charge in [-0.1, -0.05) is 29.8 Å². The van der Waals surface area contributed by atoms with Crippen molar-refractivity contribution in [2.45, 2.75) is 9.92 Å². The van der Waals surface area contributed by atoms with Gasteiger partial charge in [0.05, 0.1) is 12.0 Å². The molecule has 0 N–H and O–H groups in total. The summed E-state index contributed by atoms with van der Waals surface area (Å²) in [4.78, 5) is 8.83. The number of aromatic nitrogens is 1. The number of oxazole rings is 1. The molecule has 3 aromatic carbocycles. The van der Waals surface area contributed by atoms with Crippen molar-refractivity contribution in [3.8, 4) is 17.2 Å². The van der Waals surface area contributed by atoms with Crippen molar-refractivity contribution < 1.29 is 17.6 Å². The molecule has 2 heterocycles. The molecule has 1 saturated heterocycles. The van der Waals surface area contributed by atoms with Crippen LogP contribution in [0.5, 0.6) is 5.75 Å². The van der Waals surface area contributed by atoms with Crippen LogP contribution in [-0.2, 0) is 9.84 Å². The van der Waals surface area contributed by atoms with Crippen molar-refractivity contribution in [3.63, 3.8) is 0 Å². The molecule has 0 amide bonds. The molecule has 1 aromatic heterocycles. The third kappa shape index (κ3) is 4.72. The molecule has 0 bridgehead atoms. The van der Waals surface area contributed by atoms with E-state index in [1.807, 2.05) is 29.2 Å². The van der Waals surface area contributed by atoms with E-state index in [2.05, 4.69) is 9.88 Å². The molecular formula is C26H24ClN3O4S. The molecular weight excluding hydrogens is 486 g/mol. The zero-order valence-corrected chi connectivity index (χ0v) is 20.7. The van der Waals surface area contributed by atoms with Crippen LogP contribution < -0.4 is 14.5 Å². The summed E-state index contributed by atoms with van der Waals surface area (Å²) in [6.45, 7) is 2.57. The van der Waals surface area contributed by atoms with Gasteiger partial charge in [-0.25, -0.2) is 8.42 Å². The van der Waals surface area contributed by atoms with Crippen LogP contribution in [0.2, 0.25) is 5.02 Å². The van der Waals surface area contributed by atoms with Crippen LogP contribution in [0.1, 0.15) is 0 Å². The minimum atomic E-state index is -3.89. The van der Waals surface area contributed by atoms with Crippen molar-refractivity contribution in [2.24, 2.45) is 0 Å². The maximum Gasteiger partial charge on any atom is 0.236 e. The second kappa shape index (κ2) is 9.64. The number of nitrogens with zero attached hydrogens (tertiary/aromatic N) is 3. The maximum absolute atomic E-state index is 13.5. The Morgan fingerprint density at radius 2 is 1.49 bits per heavy atom. The van der Waals surface area contributed by atoms with Gasteiger partial charge < -0.3 is 19.0 Å². The number of methoxy groups -OCH3 is 1. The van der Waals surface area contributed by atoms with Gasteiger partial charge in [0.25, 0.3) is 0 Å². The molecule has 35 heavy (non-hydrogen) atoms. The topological polar surface area (TPSA) is 75.9 Å². The Labute approximate surface area is 209 Å². The zero-order valence-electron chi connectivity index (χ0n) is 19.1. The van der Waals surface area contributed by atoms with Gasteiger partial charge in [0, 0.05) is 42.5 Å². The number of rotatable bonds is 6. The Bertz CT molecular complexity index is 1400. The first-order chi connectivity index (χ1) is 17.0. The monoisotopic (exact) mass is 509 g/mol. The molecule has 0 saturated carbocycles. The second-order valence-electron chi connectivity index (χ2n) is 8.12. The average molecular weight is 510 g/mol. The number of halogens is 1. The summed E-state index contributed by atoms with van der Waals surface area (Å²) < 4.78 is 38.5. The Kier molecular flexibility index (Phi) is 6.40. The first-order valence-corrected chi connectivity index (χ1v) is 13.0. The molecule has 4 aromatic rings. The van der Waals surface area contributed by atoms with Gasteiger partial charge in [-0.05, 0) is 60.7 Å². The summed E-state index contributed by atoms with van der Waals surface area (Å²) in [5.41, 5.74) is 1.74. The van der Waals surface area contributed by atoms with E-state index < -0.39 is 9.84 Å². The van der Waals surface area contributed by atoms with Crippen LogP contribution in [0, 0.1) is 0 Å². The van der Waals surface area contributed by atoms with Crippen molar-refractivity contribution >= 4 is 33.0 Å². The highest BCUT2D eigenvalue weighted by atomic mass is 35.5. The lowest BCUT2D eigenvalue weighted by molar-refractivity contribution is 0.415. The lowest BCUT2D eigenvalue weighted by Crippen LogP contribution is -2.46. The number of piperazine rings is 1. The number of hydrogen-bond donors (Lipinski definition) is 0. The minimum absolute atomic E-state index is 0.0773. The molecule has 180 valence electrons. The third-order valence-electron chi connectivity index (χ3n) is 5.98. The normalized spacial score (nSPS) is 14.2. The van der Waals surface area contributed by atoms with Gasteiger partial charge in [-0.15, -0.1) is 0 Å². The number of benzene rings is 3. The first-order valence-electron chi connectivity index (χ1n) is 11.2. The lowest BCUT2D eigenvalue weighted by atomic mass is 10.2. The summed E-state index contributed by atoms with van der Waals surface area (Å²) in [6.07, 6.45) is 0. The molecule has 0 spiro atoms. The molecule has 1 aliphatic rings. The molecule has 5 rings (SSSR count). The summed E-state index contributed by atoms with van der Waals surface area (Å²) in [5.74, 6) is 1.30. The van der Waals surface area contributed by atoms with Crippen molar-refractivity contribution in [1.29, 1.82) is 0 Å². The highest BCUT2D eigenvalue weighted by Gasteiger charge is 2.32. The predicted octanol–water partition coefficient (Wildman–Crippen LogP) is 5.16. The van der Waals surface area contributed by atoms with E-state index in [9.17, 15) is 8.42 Å². The van der Waals surface area contributed by atoms with E-state index in [1.165, 1.54) is 0 Å². The molecule has 7 nitrogen and oxygen atoms in total. The van der Waals surface area contributed by atoms with Gasteiger partial charge in [-0.2, -0.15) is 4.98 Å². The van der Waals surface area contributed by atoms with Gasteiger partial charge in [-0.3, -0.25) is 0 Å². The largest absolute Gasteiger partial charge is 0.497 e. The minimum Gasteiger partial charge on any atom is -0.497 e. The smallest absolute Gasteiger partial charge is 0.236 e. The zero-order chi connectivity index (χ0) is 24.4. The molecule has 9 heteroatoms. The summed E-state index contributed by atoms with van der Waals surface area (Å²) >= 11 is 6.02. The molecule has 1 aliphatic heterocycles. The van der Waals surface area contributed by atoms with Crippen LogP contribution in [0.25, 0.3) is 11.5 Å². The van der Waals surface area contributed by atoms with E-state index >= 15 is 0 Å². The van der Waals surface area contributed by atoms with Crippen LogP contribution in [-0.4, -0.2) is 46.7 Å². The summed E-state index contributed by atoms with van der Waals surface area (Å²) in [5, 5.41) is 0.499. The van der Waals surface area contributed by atoms with E-state index in [4.69, 9.17) is 20.8 Å². The van der Waals surface area contributed by atoms with E-state index in [0.717, 1.165) is 11.4 Å². The number of anilines is 2. The second-order valence-corrected chi connectivity index (χ2v) is 10.4. The lowest BCUT2D eigenvalue weighted by Gasteiger charge is -2.36. The first kappa shape index (κ1) is 23.3. The summed E-state index contributed by atoms with van der Waals surface area (Å²) in [6, 6.07) is 23.2. The van der Waals surface area contributed by atoms with E-state index in [-0.39, 0.29) is 21.7 Å². The Balaban J connectivity index is 1.47. The van der Waals surface area contributed by atoms with E-state index in [1.54, 1.807) is 61.7 Å². The van der Waals surface area contributed by atoms with E-state index in [0.29, 0.717) is 36.8 Å². The van der Waals surface area contributed by atoms with Crippen molar-refractivity contribution in [1.82, 2.24) is 4.98 Å². The number of ether oxygens (including phenoxy) is 1. The van der Waals surface area contributed by atoms with Gasteiger partial charge in [0.1, 0.15) is 5.75 Å². The highest BCUT2D eigenvalue weighted by molar-refractivity contribution is 7.91. The number of sulfone groups is 1. The fourth-order valence-electron chi connectivity index (χ4n) is 4.06. The van der Waals surface area contributed by atoms with Gasteiger partial charge >= 0.3 is 0 Å². The van der Waals surface area contributed by atoms with Crippen molar-refractivity contribution in [2.75, 3.05) is 43.1 Å².